The van der Waals surface area contributed by atoms with Crippen LogP contribution in [0.25, 0.3) is 27.3 Å². The third kappa shape index (κ3) is 6.16. The van der Waals surface area contributed by atoms with Crippen molar-refractivity contribution in [3.63, 3.8) is 0 Å². The number of aliphatic hydroxyl groups excluding tert-OH is 3. The number of hydrogen-bond acceptors (Lipinski definition) is 8. The Morgan fingerprint density at radius 2 is 1.85 bits per heavy atom. The van der Waals surface area contributed by atoms with Gasteiger partial charge in [-0.3, -0.25) is 4.79 Å². The Kier molecular flexibility index (Phi) is 8.60. The number of anilines is 1. The molecule has 9 heteroatoms. The van der Waals surface area contributed by atoms with Crippen LogP contribution in [0.3, 0.4) is 0 Å². The van der Waals surface area contributed by atoms with Crippen LogP contribution in [0.2, 0.25) is 0 Å². The average Bonchev–Trinajstić information content (AvgIpc) is 3.45. The van der Waals surface area contributed by atoms with Crippen LogP contribution in [0.15, 0.2) is 54.1 Å². The lowest BCUT2D eigenvalue weighted by atomic mass is 9.92. The summed E-state index contributed by atoms with van der Waals surface area (Å²) >= 11 is 1.50. The van der Waals surface area contributed by atoms with Gasteiger partial charge in [0.1, 0.15) is 23.9 Å². The summed E-state index contributed by atoms with van der Waals surface area (Å²) in [4.78, 5) is 16.9. The van der Waals surface area contributed by atoms with E-state index in [4.69, 9.17) is 4.74 Å². The number of carbonyl (C=O) groups is 1. The van der Waals surface area contributed by atoms with Gasteiger partial charge in [0.15, 0.2) is 0 Å². The number of carbonyl (C=O) groups excluding carboxylic acids is 1. The van der Waals surface area contributed by atoms with E-state index in [9.17, 15) is 25.4 Å². The van der Waals surface area contributed by atoms with Gasteiger partial charge in [-0.15, -0.1) is 11.3 Å². The second kappa shape index (κ2) is 12.3. The lowest BCUT2D eigenvalue weighted by Gasteiger charge is -2.36. The number of hydrogen-bond donors (Lipinski definition) is 4. The number of nitrogens with zero attached hydrogens (tertiary/aromatic N) is 2. The highest BCUT2D eigenvalue weighted by Gasteiger charge is 2.38. The van der Waals surface area contributed by atoms with Crippen molar-refractivity contribution < 1.29 is 24.9 Å². The quantitative estimate of drug-likeness (QED) is 0.264. The minimum Gasteiger partial charge on any atom is -0.394 e. The van der Waals surface area contributed by atoms with Gasteiger partial charge in [-0.05, 0) is 72.0 Å². The molecule has 2 fully saturated rings. The predicted octanol–water partition coefficient (Wildman–Crippen LogP) is 3.31. The molecule has 0 spiro atoms. The molecule has 39 heavy (non-hydrogen) atoms. The Labute approximate surface area is 231 Å². The van der Waals surface area contributed by atoms with E-state index in [0.29, 0.717) is 0 Å². The molecule has 5 rings (SSSR count). The molecule has 0 bridgehead atoms. The normalized spacial score (nSPS) is 23.9. The molecule has 0 aliphatic carbocycles. The van der Waals surface area contributed by atoms with Gasteiger partial charge in [0.05, 0.1) is 19.3 Å². The van der Waals surface area contributed by atoms with Gasteiger partial charge in [-0.1, -0.05) is 18.2 Å². The minimum atomic E-state index is -1.24. The summed E-state index contributed by atoms with van der Waals surface area (Å²) in [6, 6.07) is 18.9. The Balaban J connectivity index is 1.25. The zero-order chi connectivity index (χ0) is 27.4. The maximum absolute atomic E-state index is 12.7. The highest BCUT2D eigenvalue weighted by Crippen LogP contribution is 2.33. The monoisotopic (exact) mass is 547 g/mol. The topological polar surface area (TPSA) is 126 Å². The zero-order valence-electron chi connectivity index (χ0n) is 21.6. The van der Waals surface area contributed by atoms with Crippen LogP contribution < -0.4 is 10.2 Å². The molecule has 2 aliphatic heterocycles. The standard InChI is InChI=1S/C30H33N3O5S/c31-15-22(30(37)32-16-23-18-38-26(17-34)29(36)28(23)35)14-25-8-9-27(39-25)21-5-4-20-13-24(7-6-19(20)12-21)33-10-2-1-3-11-33/h4-9,12-14,23,26,28-29,34-36H,1-3,10-11,16-18H2,(H,32,37)/b22-14+/t23?,26-,28-,29-/m1/s1. The number of piperidine rings is 1. The first kappa shape index (κ1) is 27.3. The number of ether oxygens (including phenoxy) is 1. The molecule has 1 amide bonds. The Bertz CT molecular complexity index is 1390. The molecule has 4 N–H and O–H groups in total. The molecular weight excluding hydrogens is 514 g/mol. The van der Waals surface area contributed by atoms with Gasteiger partial charge in [0, 0.05) is 41.0 Å². The van der Waals surface area contributed by atoms with E-state index < -0.39 is 36.7 Å². The fourth-order valence-electron chi connectivity index (χ4n) is 5.21. The van der Waals surface area contributed by atoms with Gasteiger partial charge in [0.2, 0.25) is 0 Å². The molecule has 1 unspecified atom stereocenters. The molecule has 1 aromatic heterocycles. The van der Waals surface area contributed by atoms with E-state index in [0.717, 1.165) is 28.4 Å². The third-order valence-electron chi connectivity index (χ3n) is 7.55. The van der Waals surface area contributed by atoms with Crippen molar-refractivity contribution in [3.8, 4) is 16.5 Å². The molecule has 0 radical (unpaired) electrons. The predicted molar refractivity (Wildman–Crippen MR) is 152 cm³/mol. The number of nitrogens with one attached hydrogen (secondary N) is 1. The van der Waals surface area contributed by atoms with Crippen molar-refractivity contribution in [2.24, 2.45) is 5.92 Å². The van der Waals surface area contributed by atoms with Crippen LogP contribution in [0.4, 0.5) is 5.69 Å². The van der Waals surface area contributed by atoms with E-state index in [-0.39, 0.29) is 18.7 Å². The van der Waals surface area contributed by atoms with Crippen LogP contribution in [-0.2, 0) is 9.53 Å². The molecule has 8 nitrogen and oxygen atoms in total. The molecule has 204 valence electrons. The van der Waals surface area contributed by atoms with Gasteiger partial charge in [-0.25, -0.2) is 0 Å². The van der Waals surface area contributed by atoms with Crippen LogP contribution >= 0.6 is 11.3 Å². The maximum atomic E-state index is 12.7. The second-order valence-corrected chi connectivity index (χ2v) is 11.3. The van der Waals surface area contributed by atoms with E-state index in [1.807, 2.05) is 18.2 Å². The fourth-order valence-corrected chi connectivity index (χ4v) is 6.16. The molecule has 3 heterocycles. The van der Waals surface area contributed by atoms with Crippen molar-refractivity contribution in [3.05, 3.63) is 59.0 Å². The maximum Gasteiger partial charge on any atom is 0.261 e. The van der Waals surface area contributed by atoms with Crippen molar-refractivity contribution in [1.29, 1.82) is 5.26 Å². The van der Waals surface area contributed by atoms with Crippen molar-refractivity contribution in [1.82, 2.24) is 5.32 Å². The van der Waals surface area contributed by atoms with E-state index >= 15 is 0 Å². The van der Waals surface area contributed by atoms with E-state index in [2.05, 4.69) is 46.6 Å². The number of benzene rings is 2. The van der Waals surface area contributed by atoms with Gasteiger partial charge in [0.25, 0.3) is 5.91 Å². The molecule has 2 aromatic carbocycles. The largest absolute Gasteiger partial charge is 0.394 e. The molecule has 3 aromatic rings. The number of aliphatic hydroxyl groups is 3. The number of fused-ring (bicyclic) bond motifs is 1. The molecular formula is C30H33N3O5S. The first-order chi connectivity index (χ1) is 19.0. The average molecular weight is 548 g/mol. The molecule has 0 saturated carbocycles. The Morgan fingerprint density at radius 3 is 2.62 bits per heavy atom. The van der Waals surface area contributed by atoms with E-state index in [1.54, 1.807) is 6.08 Å². The second-order valence-electron chi connectivity index (χ2n) is 10.2. The fraction of sp³-hybridized carbons (Fsp3) is 0.400. The lowest BCUT2D eigenvalue weighted by Crippen LogP contribution is -2.54. The first-order valence-electron chi connectivity index (χ1n) is 13.3. The number of nitriles is 1. The lowest BCUT2D eigenvalue weighted by molar-refractivity contribution is -0.173. The third-order valence-corrected chi connectivity index (χ3v) is 8.63. The molecule has 2 aliphatic rings. The Morgan fingerprint density at radius 1 is 1.08 bits per heavy atom. The summed E-state index contributed by atoms with van der Waals surface area (Å²) in [5.41, 5.74) is 2.30. The number of rotatable bonds is 7. The zero-order valence-corrected chi connectivity index (χ0v) is 22.4. The highest BCUT2D eigenvalue weighted by atomic mass is 32.1. The molecule has 4 atom stereocenters. The SMILES string of the molecule is N#C/C(=C\c1ccc(-c2ccc3cc(N4CCCCC4)ccc3c2)s1)C(=O)NCC1CO[C@H](CO)[C@@H](O)[C@@H]1O. The van der Waals surface area contributed by atoms with Crippen molar-refractivity contribution in [2.75, 3.05) is 37.7 Å². The minimum absolute atomic E-state index is 0.0283. The summed E-state index contributed by atoms with van der Waals surface area (Å²) in [7, 11) is 0. The smallest absolute Gasteiger partial charge is 0.261 e. The molecule has 2 saturated heterocycles. The van der Waals surface area contributed by atoms with E-state index in [1.165, 1.54) is 47.1 Å². The summed E-state index contributed by atoms with van der Waals surface area (Å²) < 4.78 is 5.35. The summed E-state index contributed by atoms with van der Waals surface area (Å²) in [5.74, 6) is -1.11. The Hall–Kier alpha value is -3.26. The summed E-state index contributed by atoms with van der Waals surface area (Å²) in [5, 5.41) is 44.1. The van der Waals surface area contributed by atoms with Crippen molar-refractivity contribution >= 4 is 39.8 Å². The highest BCUT2D eigenvalue weighted by molar-refractivity contribution is 7.16. The van der Waals surface area contributed by atoms with Crippen molar-refractivity contribution in [2.45, 2.75) is 37.6 Å². The van der Waals surface area contributed by atoms with Crippen LogP contribution in [0, 0.1) is 17.2 Å². The summed E-state index contributed by atoms with van der Waals surface area (Å²) in [6.45, 7) is 1.93. The van der Waals surface area contributed by atoms with Crippen LogP contribution in [-0.4, -0.2) is 72.4 Å². The first-order valence-corrected chi connectivity index (χ1v) is 14.2. The van der Waals surface area contributed by atoms with Crippen LogP contribution in [0.1, 0.15) is 24.1 Å². The number of thiophene rings is 1. The van der Waals surface area contributed by atoms with Gasteiger partial charge < -0.3 is 30.3 Å². The summed E-state index contributed by atoms with van der Waals surface area (Å²) in [6.07, 6.45) is 2.11. The van der Waals surface area contributed by atoms with Crippen LogP contribution in [0.5, 0.6) is 0 Å². The number of amides is 1. The van der Waals surface area contributed by atoms with Gasteiger partial charge in [-0.2, -0.15) is 5.26 Å². The van der Waals surface area contributed by atoms with Gasteiger partial charge >= 0.3 is 0 Å².